The summed E-state index contributed by atoms with van der Waals surface area (Å²) < 4.78 is 23.5. The van der Waals surface area contributed by atoms with E-state index in [0.29, 0.717) is 5.56 Å². The van der Waals surface area contributed by atoms with Gasteiger partial charge in [0.05, 0.1) is 5.56 Å². The third-order valence-electron chi connectivity index (χ3n) is 2.70. The van der Waals surface area contributed by atoms with Crippen LogP contribution < -0.4 is 4.74 Å². The Labute approximate surface area is 117 Å². The van der Waals surface area contributed by atoms with E-state index in [1.807, 2.05) is 19.1 Å². The van der Waals surface area contributed by atoms with Gasteiger partial charge in [-0.25, -0.2) is 9.18 Å². The maximum absolute atomic E-state index is 13.2. The van der Waals surface area contributed by atoms with Crippen molar-refractivity contribution in [2.75, 3.05) is 13.2 Å². The van der Waals surface area contributed by atoms with Crippen LogP contribution in [0.1, 0.15) is 15.9 Å². The molecule has 0 bridgehead atoms. The number of ether oxygens (including phenoxy) is 2. The highest BCUT2D eigenvalue weighted by atomic mass is 19.1. The lowest BCUT2D eigenvalue weighted by molar-refractivity contribution is 0.0448. The highest BCUT2D eigenvalue weighted by Crippen LogP contribution is 2.15. The number of benzene rings is 2. The molecule has 104 valence electrons. The second kappa shape index (κ2) is 6.70. The normalized spacial score (nSPS) is 10.1. The third kappa shape index (κ3) is 3.82. The predicted molar refractivity (Wildman–Crippen MR) is 73.4 cm³/mol. The van der Waals surface area contributed by atoms with Crippen LogP contribution in [0, 0.1) is 12.7 Å². The number of hydrogen-bond donors (Lipinski definition) is 0. The van der Waals surface area contributed by atoms with Gasteiger partial charge in [-0.2, -0.15) is 0 Å². The van der Waals surface area contributed by atoms with Crippen LogP contribution in [-0.2, 0) is 4.74 Å². The minimum Gasteiger partial charge on any atom is -0.487 e. The second-order valence-corrected chi connectivity index (χ2v) is 4.28. The van der Waals surface area contributed by atoms with Gasteiger partial charge in [0.25, 0.3) is 0 Å². The first-order valence-electron chi connectivity index (χ1n) is 6.28. The fourth-order valence-corrected chi connectivity index (χ4v) is 1.62. The van der Waals surface area contributed by atoms with Crippen molar-refractivity contribution in [1.82, 2.24) is 0 Å². The van der Waals surface area contributed by atoms with Crippen LogP contribution in [0.25, 0.3) is 0 Å². The van der Waals surface area contributed by atoms with Crippen LogP contribution in [0.2, 0.25) is 0 Å². The van der Waals surface area contributed by atoms with Crippen LogP contribution >= 0.6 is 0 Å². The SMILES string of the molecule is Cc1ccc(C(=O)OCCOc2ccccc2F)cc1. The van der Waals surface area contributed by atoms with E-state index in [1.54, 1.807) is 24.3 Å². The molecule has 4 heteroatoms. The van der Waals surface area contributed by atoms with E-state index in [-0.39, 0.29) is 19.0 Å². The summed E-state index contributed by atoms with van der Waals surface area (Å²) in [5.74, 6) is -0.696. The van der Waals surface area contributed by atoms with Crippen molar-refractivity contribution in [1.29, 1.82) is 0 Å². The van der Waals surface area contributed by atoms with Gasteiger partial charge in [-0.05, 0) is 31.2 Å². The van der Waals surface area contributed by atoms with Crippen molar-refractivity contribution in [3.63, 3.8) is 0 Å². The van der Waals surface area contributed by atoms with Gasteiger partial charge in [0.1, 0.15) is 13.2 Å². The monoisotopic (exact) mass is 274 g/mol. The Morgan fingerprint density at radius 2 is 1.75 bits per heavy atom. The smallest absolute Gasteiger partial charge is 0.338 e. The second-order valence-electron chi connectivity index (χ2n) is 4.28. The number of hydrogen-bond acceptors (Lipinski definition) is 3. The first kappa shape index (κ1) is 14.1. The summed E-state index contributed by atoms with van der Waals surface area (Å²) in [5.41, 5.74) is 1.56. The summed E-state index contributed by atoms with van der Waals surface area (Å²) in [6.07, 6.45) is 0. The molecule has 2 aromatic carbocycles. The molecular formula is C16H15FO3. The number of para-hydroxylation sites is 1. The van der Waals surface area contributed by atoms with Crippen molar-refractivity contribution in [3.8, 4) is 5.75 Å². The van der Waals surface area contributed by atoms with E-state index in [0.717, 1.165) is 5.56 Å². The zero-order valence-corrected chi connectivity index (χ0v) is 11.1. The van der Waals surface area contributed by atoms with Crippen LogP contribution in [0.15, 0.2) is 48.5 Å². The van der Waals surface area contributed by atoms with Gasteiger partial charge in [0.2, 0.25) is 0 Å². The van der Waals surface area contributed by atoms with Crippen molar-refractivity contribution in [2.45, 2.75) is 6.92 Å². The highest BCUT2D eigenvalue weighted by Gasteiger charge is 2.07. The molecule has 0 fully saturated rings. The molecule has 0 saturated carbocycles. The minimum atomic E-state index is -0.433. The maximum atomic E-state index is 13.2. The van der Waals surface area contributed by atoms with E-state index in [1.165, 1.54) is 12.1 Å². The lowest BCUT2D eigenvalue weighted by Crippen LogP contribution is -2.12. The number of halogens is 1. The summed E-state index contributed by atoms with van der Waals surface area (Å²) in [6, 6.07) is 13.2. The summed E-state index contributed by atoms with van der Waals surface area (Å²) in [4.78, 5) is 11.7. The highest BCUT2D eigenvalue weighted by molar-refractivity contribution is 5.89. The maximum Gasteiger partial charge on any atom is 0.338 e. The molecule has 0 radical (unpaired) electrons. The number of carbonyl (C=O) groups excluding carboxylic acids is 1. The zero-order chi connectivity index (χ0) is 14.4. The fourth-order valence-electron chi connectivity index (χ4n) is 1.62. The molecule has 0 spiro atoms. The molecule has 0 saturated heterocycles. The van der Waals surface area contributed by atoms with Crippen molar-refractivity contribution in [2.24, 2.45) is 0 Å². The van der Waals surface area contributed by atoms with Gasteiger partial charge < -0.3 is 9.47 Å². The van der Waals surface area contributed by atoms with E-state index in [9.17, 15) is 9.18 Å². The van der Waals surface area contributed by atoms with Crippen LogP contribution in [-0.4, -0.2) is 19.2 Å². The Balaban J connectivity index is 1.77. The molecule has 2 aromatic rings. The summed E-state index contributed by atoms with van der Waals surface area (Å²) in [5, 5.41) is 0. The van der Waals surface area contributed by atoms with Crippen molar-refractivity contribution in [3.05, 3.63) is 65.5 Å². The average Bonchev–Trinajstić information content (AvgIpc) is 2.46. The average molecular weight is 274 g/mol. The van der Waals surface area contributed by atoms with Crippen LogP contribution in [0.4, 0.5) is 4.39 Å². The fraction of sp³-hybridized carbons (Fsp3) is 0.188. The predicted octanol–water partition coefficient (Wildman–Crippen LogP) is 3.37. The minimum absolute atomic E-state index is 0.0705. The number of carbonyl (C=O) groups is 1. The number of rotatable bonds is 5. The Bertz CT molecular complexity index is 579. The topological polar surface area (TPSA) is 35.5 Å². The van der Waals surface area contributed by atoms with Gasteiger partial charge in [-0.3, -0.25) is 0 Å². The molecular weight excluding hydrogens is 259 g/mol. The van der Waals surface area contributed by atoms with Crippen LogP contribution in [0.5, 0.6) is 5.75 Å². The number of esters is 1. The molecule has 0 amide bonds. The van der Waals surface area contributed by atoms with Gasteiger partial charge in [-0.1, -0.05) is 29.8 Å². The molecule has 3 nitrogen and oxygen atoms in total. The van der Waals surface area contributed by atoms with Crippen molar-refractivity contribution < 1.29 is 18.7 Å². The van der Waals surface area contributed by atoms with E-state index in [4.69, 9.17) is 9.47 Å². The van der Waals surface area contributed by atoms with Gasteiger partial charge in [0, 0.05) is 0 Å². The molecule has 0 unspecified atom stereocenters. The van der Waals surface area contributed by atoms with Gasteiger partial charge >= 0.3 is 5.97 Å². The standard InChI is InChI=1S/C16H15FO3/c1-12-6-8-13(9-7-12)16(18)20-11-10-19-15-5-3-2-4-14(15)17/h2-9H,10-11H2,1H3. The Kier molecular flexibility index (Phi) is 4.71. The lowest BCUT2D eigenvalue weighted by atomic mass is 10.1. The molecule has 0 atom stereocenters. The Hall–Kier alpha value is -2.36. The summed E-state index contributed by atoms with van der Waals surface area (Å²) in [7, 11) is 0. The van der Waals surface area contributed by atoms with Gasteiger partial charge in [0.15, 0.2) is 11.6 Å². The molecule has 2 rings (SSSR count). The molecule has 0 aromatic heterocycles. The Morgan fingerprint density at radius 3 is 2.45 bits per heavy atom. The van der Waals surface area contributed by atoms with E-state index >= 15 is 0 Å². The lowest BCUT2D eigenvalue weighted by Gasteiger charge is -2.08. The molecule has 0 aliphatic rings. The molecule has 0 aliphatic carbocycles. The van der Waals surface area contributed by atoms with Crippen molar-refractivity contribution >= 4 is 5.97 Å². The Morgan fingerprint density at radius 1 is 1.05 bits per heavy atom. The first-order chi connectivity index (χ1) is 9.66. The summed E-state index contributed by atoms with van der Waals surface area (Å²) >= 11 is 0. The zero-order valence-electron chi connectivity index (χ0n) is 11.1. The van der Waals surface area contributed by atoms with E-state index in [2.05, 4.69) is 0 Å². The molecule has 0 aliphatic heterocycles. The first-order valence-corrected chi connectivity index (χ1v) is 6.28. The number of aryl methyl sites for hydroxylation is 1. The third-order valence-corrected chi connectivity index (χ3v) is 2.70. The molecule has 0 heterocycles. The summed E-state index contributed by atoms with van der Waals surface area (Å²) in [6.45, 7) is 2.12. The van der Waals surface area contributed by atoms with Crippen LogP contribution in [0.3, 0.4) is 0 Å². The quantitative estimate of drug-likeness (QED) is 0.619. The largest absolute Gasteiger partial charge is 0.487 e. The van der Waals surface area contributed by atoms with Gasteiger partial charge in [-0.15, -0.1) is 0 Å². The molecule has 0 N–H and O–H groups in total. The van der Waals surface area contributed by atoms with E-state index < -0.39 is 11.8 Å². The molecule has 20 heavy (non-hydrogen) atoms.